The third kappa shape index (κ3) is 2.20. The van der Waals surface area contributed by atoms with E-state index in [2.05, 4.69) is 13.1 Å². The number of carbonyl (C=O) groups is 1. The number of allylic oxidation sites excluding steroid dienone is 1. The van der Waals surface area contributed by atoms with E-state index < -0.39 is 5.41 Å². The highest BCUT2D eigenvalue weighted by molar-refractivity contribution is 6.00. The molecule has 2 aromatic rings. The quantitative estimate of drug-likeness (QED) is 0.629. The molecule has 4 nitrogen and oxygen atoms in total. The predicted octanol–water partition coefficient (Wildman–Crippen LogP) is 4.13. The van der Waals surface area contributed by atoms with E-state index in [1.807, 2.05) is 48.9 Å². The van der Waals surface area contributed by atoms with E-state index in [9.17, 15) is 9.90 Å². The van der Waals surface area contributed by atoms with Crippen LogP contribution in [0.3, 0.4) is 0 Å². The Morgan fingerprint density at radius 1 is 1.24 bits per heavy atom. The van der Waals surface area contributed by atoms with Gasteiger partial charge < -0.3 is 5.11 Å². The molecule has 0 bridgehead atoms. The molecule has 0 aliphatic heterocycles. The highest BCUT2D eigenvalue weighted by Gasteiger charge is 2.56. The normalized spacial score (nSPS) is 29.3. The molecule has 1 N–H and O–H groups in total. The maximum Gasteiger partial charge on any atom is 0.167 e. The number of ketones is 1. The van der Waals surface area contributed by atoms with Gasteiger partial charge in [0.2, 0.25) is 0 Å². The molecule has 2 aliphatic carbocycles. The van der Waals surface area contributed by atoms with E-state index in [1.165, 1.54) is 5.56 Å². The average Bonchev–Trinajstić information content (AvgIpc) is 3.05. The van der Waals surface area contributed by atoms with Gasteiger partial charge in [-0.15, -0.1) is 0 Å². The Balaban J connectivity index is 1.85. The van der Waals surface area contributed by atoms with Crippen LogP contribution in [0.4, 0.5) is 0 Å². The van der Waals surface area contributed by atoms with Gasteiger partial charge in [0.15, 0.2) is 5.78 Å². The van der Waals surface area contributed by atoms with E-state index in [-0.39, 0.29) is 17.1 Å². The molecule has 0 unspecified atom stereocenters. The first-order valence-corrected chi connectivity index (χ1v) is 8.90. The number of rotatable bonds is 1. The molecule has 0 spiro atoms. The summed E-state index contributed by atoms with van der Waals surface area (Å²) in [7, 11) is 0. The summed E-state index contributed by atoms with van der Waals surface area (Å²) < 4.78 is 1.95. The molecule has 2 atom stereocenters. The zero-order valence-corrected chi connectivity index (χ0v) is 15.0. The first kappa shape index (κ1) is 16.1. The lowest BCUT2D eigenvalue weighted by molar-refractivity contribution is -0.131. The SMILES string of the molecule is CC1(C)C(=O)/C(=C\O)C[C@]2(C)c3nn(-c4ccccc4)cc3CC[C@@H]12. The summed E-state index contributed by atoms with van der Waals surface area (Å²) >= 11 is 0. The monoisotopic (exact) mass is 336 g/mol. The van der Waals surface area contributed by atoms with Gasteiger partial charge in [0.1, 0.15) is 0 Å². The van der Waals surface area contributed by atoms with Gasteiger partial charge in [0.25, 0.3) is 0 Å². The molecule has 0 saturated heterocycles. The number of fused-ring (bicyclic) bond motifs is 3. The van der Waals surface area contributed by atoms with Crippen LogP contribution in [0.25, 0.3) is 5.69 Å². The van der Waals surface area contributed by atoms with Gasteiger partial charge in [0, 0.05) is 22.6 Å². The Bertz CT molecular complexity index is 863. The number of carbonyl (C=O) groups excluding carboxylic acids is 1. The minimum atomic E-state index is -0.490. The predicted molar refractivity (Wildman–Crippen MR) is 96.8 cm³/mol. The zero-order chi connectivity index (χ0) is 17.8. The first-order valence-electron chi connectivity index (χ1n) is 8.90. The molecule has 4 heteroatoms. The van der Waals surface area contributed by atoms with Gasteiger partial charge in [-0.1, -0.05) is 39.0 Å². The Hall–Kier alpha value is -2.36. The lowest BCUT2D eigenvalue weighted by atomic mass is 9.50. The average molecular weight is 336 g/mol. The minimum absolute atomic E-state index is 0.0726. The van der Waals surface area contributed by atoms with Gasteiger partial charge in [-0.05, 0) is 42.9 Å². The van der Waals surface area contributed by atoms with E-state index in [0.717, 1.165) is 30.5 Å². The molecule has 1 fully saturated rings. The molecule has 130 valence electrons. The van der Waals surface area contributed by atoms with Crippen LogP contribution in [0.5, 0.6) is 0 Å². The van der Waals surface area contributed by atoms with E-state index in [4.69, 9.17) is 5.10 Å². The van der Waals surface area contributed by atoms with Gasteiger partial charge in [-0.3, -0.25) is 4.79 Å². The summed E-state index contributed by atoms with van der Waals surface area (Å²) in [5.74, 6) is 0.297. The van der Waals surface area contributed by atoms with Crippen molar-refractivity contribution in [3.8, 4) is 5.69 Å². The van der Waals surface area contributed by atoms with Crippen LogP contribution < -0.4 is 0 Å². The van der Waals surface area contributed by atoms with Crippen molar-refractivity contribution in [1.82, 2.24) is 9.78 Å². The number of aromatic nitrogens is 2. The number of Topliss-reactive ketones (excluding diaryl/α,β-unsaturated/α-hetero) is 1. The standard InChI is InChI=1S/C21H24N2O2/c1-20(2)17-10-9-14-12-23(16-7-5-4-6-8-16)22-18(14)21(17,3)11-15(13-24)19(20)25/h4-8,12-13,17,24H,9-11H2,1-3H3/b15-13-/t17-,21-/m0/s1. The summed E-state index contributed by atoms with van der Waals surface area (Å²) in [5, 5.41) is 14.6. The fraction of sp³-hybridized carbons (Fsp3) is 0.429. The lowest BCUT2D eigenvalue weighted by Crippen LogP contribution is -2.53. The number of nitrogens with zero attached hydrogens (tertiary/aromatic N) is 2. The van der Waals surface area contributed by atoms with Crippen molar-refractivity contribution in [3.05, 3.63) is 59.6 Å². The third-order valence-corrected chi connectivity index (χ3v) is 6.28. The molecule has 1 saturated carbocycles. The number of aliphatic hydroxyl groups is 1. The van der Waals surface area contributed by atoms with Crippen LogP contribution >= 0.6 is 0 Å². The number of hydrogen-bond acceptors (Lipinski definition) is 3. The van der Waals surface area contributed by atoms with Gasteiger partial charge in [-0.2, -0.15) is 5.10 Å². The van der Waals surface area contributed by atoms with Crippen LogP contribution in [0.1, 0.15) is 44.9 Å². The number of benzene rings is 1. The fourth-order valence-corrected chi connectivity index (χ4v) is 5.09. The Kier molecular flexibility index (Phi) is 3.43. The van der Waals surface area contributed by atoms with Crippen LogP contribution in [0, 0.1) is 11.3 Å². The number of aliphatic hydroxyl groups excluding tert-OH is 1. The van der Waals surface area contributed by atoms with Crippen molar-refractivity contribution in [1.29, 1.82) is 0 Å². The molecule has 4 rings (SSSR count). The molecule has 1 heterocycles. The van der Waals surface area contributed by atoms with Gasteiger partial charge in [-0.25, -0.2) is 4.68 Å². The Morgan fingerprint density at radius 2 is 1.96 bits per heavy atom. The van der Waals surface area contributed by atoms with Crippen molar-refractivity contribution in [2.45, 2.75) is 45.4 Å². The summed E-state index contributed by atoms with van der Waals surface area (Å²) in [6, 6.07) is 10.1. The molecule has 1 aromatic carbocycles. The summed E-state index contributed by atoms with van der Waals surface area (Å²) in [6.07, 6.45) is 5.60. The second kappa shape index (κ2) is 5.32. The second-order valence-electron chi connectivity index (χ2n) is 8.17. The van der Waals surface area contributed by atoms with E-state index in [0.29, 0.717) is 12.0 Å². The highest BCUT2D eigenvalue weighted by Crippen LogP contribution is 2.56. The van der Waals surface area contributed by atoms with E-state index in [1.54, 1.807) is 0 Å². The number of hydrogen-bond donors (Lipinski definition) is 1. The summed E-state index contributed by atoms with van der Waals surface area (Å²) in [5.41, 5.74) is 3.17. The Morgan fingerprint density at radius 3 is 2.64 bits per heavy atom. The second-order valence-corrected chi connectivity index (χ2v) is 8.17. The smallest absolute Gasteiger partial charge is 0.167 e. The topological polar surface area (TPSA) is 55.1 Å². The molecule has 0 amide bonds. The van der Waals surface area contributed by atoms with Gasteiger partial charge >= 0.3 is 0 Å². The van der Waals surface area contributed by atoms with Crippen molar-refractivity contribution in [2.24, 2.45) is 11.3 Å². The number of para-hydroxylation sites is 1. The maximum absolute atomic E-state index is 12.8. The molecule has 25 heavy (non-hydrogen) atoms. The first-order chi connectivity index (χ1) is 11.9. The summed E-state index contributed by atoms with van der Waals surface area (Å²) in [6.45, 7) is 6.23. The molecule has 0 radical (unpaired) electrons. The summed E-state index contributed by atoms with van der Waals surface area (Å²) in [4.78, 5) is 12.8. The van der Waals surface area contributed by atoms with Crippen molar-refractivity contribution in [2.75, 3.05) is 0 Å². The van der Waals surface area contributed by atoms with E-state index >= 15 is 0 Å². The zero-order valence-electron chi connectivity index (χ0n) is 15.0. The highest BCUT2D eigenvalue weighted by atomic mass is 16.2. The fourth-order valence-electron chi connectivity index (χ4n) is 5.09. The largest absolute Gasteiger partial charge is 0.515 e. The van der Waals surface area contributed by atoms with Crippen LogP contribution in [0.2, 0.25) is 0 Å². The molecular formula is C21H24N2O2. The third-order valence-electron chi connectivity index (χ3n) is 6.28. The lowest BCUT2D eigenvalue weighted by Gasteiger charge is -2.52. The van der Waals surface area contributed by atoms with Crippen molar-refractivity contribution in [3.63, 3.8) is 0 Å². The van der Waals surface area contributed by atoms with Crippen LogP contribution in [-0.2, 0) is 16.6 Å². The molecule has 1 aromatic heterocycles. The number of aryl methyl sites for hydroxylation is 1. The Labute approximate surface area is 148 Å². The maximum atomic E-state index is 12.8. The molecular weight excluding hydrogens is 312 g/mol. The van der Waals surface area contributed by atoms with Gasteiger partial charge in [0.05, 0.1) is 17.6 Å². The minimum Gasteiger partial charge on any atom is -0.515 e. The van der Waals surface area contributed by atoms with Crippen molar-refractivity contribution < 1.29 is 9.90 Å². The van der Waals surface area contributed by atoms with Crippen molar-refractivity contribution >= 4 is 5.78 Å². The molecule has 2 aliphatic rings. The van der Waals surface area contributed by atoms with Crippen LogP contribution in [0.15, 0.2) is 48.4 Å². The van der Waals surface area contributed by atoms with Crippen LogP contribution in [-0.4, -0.2) is 20.7 Å².